The number of anilines is 1. The average Bonchev–Trinajstić information content (AvgIpc) is 3.00. The Morgan fingerprint density at radius 3 is 2.65 bits per heavy atom. The minimum absolute atomic E-state index is 0.205. The zero-order chi connectivity index (χ0) is 13.8. The van der Waals surface area contributed by atoms with Crippen LogP contribution in [-0.2, 0) is 6.54 Å². The summed E-state index contributed by atoms with van der Waals surface area (Å²) in [5.41, 5.74) is 3.04. The standard InChI is InChI=1S/C16H13FN2S/c17-14-3-1-2-12(10-14)11-19-15-6-4-13(5-7-15)16-18-8-9-20-16/h1-10,19H,11H2. The minimum atomic E-state index is -0.205. The van der Waals surface area contributed by atoms with E-state index >= 15 is 0 Å². The van der Waals surface area contributed by atoms with E-state index in [0.717, 1.165) is 21.8 Å². The van der Waals surface area contributed by atoms with Gasteiger partial charge in [-0.3, -0.25) is 0 Å². The number of halogens is 1. The molecule has 4 heteroatoms. The monoisotopic (exact) mass is 284 g/mol. The van der Waals surface area contributed by atoms with E-state index in [4.69, 9.17) is 0 Å². The summed E-state index contributed by atoms with van der Waals surface area (Å²) in [5.74, 6) is -0.205. The first-order valence-corrected chi connectivity index (χ1v) is 7.17. The van der Waals surface area contributed by atoms with E-state index < -0.39 is 0 Å². The lowest BCUT2D eigenvalue weighted by molar-refractivity contribution is 0.626. The van der Waals surface area contributed by atoms with Crippen molar-refractivity contribution in [2.45, 2.75) is 6.54 Å². The highest BCUT2D eigenvalue weighted by molar-refractivity contribution is 7.13. The van der Waals surface area contributed by atoms with Crippen LogP contribution in [-0.4, -0.2) is 4.98 Å². The van der Waals surface area contributed by atoms with E-state index in [1.54, 1.807) is 23.6 Å². The normalized spacial score (nSPS) is 10.4. The van der Waals surface area contributed by atoms with Gasteiger partial charge in [0.25, 0.3) is 0 Å². The van der Waals surface area contributed by atoms with Crippen LogP contribution in [0.4, 0.5) is 10.1 Å². The maximum Gasteiger partial charge on any atom is 0.123 e. The van der Waals surface area contributed by atoms with Crippen molar-refractivity contribution in [1.82, 2.24) is 4.98 Å². The summed E-state index contributed by atoms with van der Waals surface area (Å²) in [7, 11) is 0. The van der Waals surface area contributed by atoms with Crippen LogP contribution < -0.4 is 5.32 Å². The zero-order valence-corrected chi connectivity index (χ0v) is 11.5. The summed E-state index contributed by atoms with van der Waals surface area (Å²) in [6, 6.07) is 14.7. The van der Waals surface area contributed by atoms with Crippen molar-refractivity contribution in [3.8, 4) is 10.6 Å². The van der Waals surface area contributed by atoms with Gasteiger partial charge in [0.05, 0.1) is 0 Å². The molecular weight excluding hydrogens is 271 g/mol. The quantitative estimate of drug-likeness (QED) is 0.759. The largest absolute Gasteiger partial charge is 0.381 e. The van der Waals surface area contributed by atoms with Gasteiger partial charge >= 0.3 is 0 Å². The van der Waals surface area contributed by atoms with Crippen LogP contribution in [0.2, 0.25) is 0 Å². The van der Waals surface area contributed by atoms with Crippen molar-refractivity contribution >= 4 is 17.0 Å². The SMILES string of the molecule is Fc1cccc(CNc2ccc(-c3nccs3)cc2)c1. The topological polar surface area (TPSA) is 24.9 Å². The molecule has 3 rings (SSSR count). The van der Waals surface area contributed by atoms with Gasteiger partial charge in [0.1, 0.15) is 10.8 Å². The van der Waals surface area contributed by atoms with Crippen LogP contribution in [0.3, 0.4) is 0 Å². The summed E-state index contributed by atoms with van der Waals surface area (Å²) in [6.07, 6.45) is 1.80. The first-order valence-electron chi connectivity index (χ1n) is 6.29. The van der Waals surface area contributed by atoms with Gasteiger partial charge in [0.2, 0.25) is 0 Å². The lowest BCUT2D eigenvalue weighted by atomic mass is 10.2. The van der Waals surface area contributed by atoms with Gasteiger partial charge in [-0.25, -0.2) is 9.37 Å². The molecule has 0 aliphatic heterocycles. The summed E-state index contributed by atoms with van der Waals surface area (Å²) >= 11 is 1.62. The van der Waals surface area contributed by atoms with Crippen LogP contribution in [0.1, 0.15) is 5.56 Å². The van der Waals surface area contributed by atoms with Crippen LogP contribution in [0, 0.1) is 5.82 Å². The molecule has 2 nitrogen and oxygen atoms in total. The van der Waals surface area contributed by atoms with E-state index in [1.807, 2.05) is 35.7 Å². The molecule has 0 aliphatic rings. The van der Waals surface area contributed by atoms with Crippen LogP contribution in [0.15, 0.2) is 60.1 Å². The molecule has 0 unspecified atom stereocenters. The highest BCUT2D eigenvalue weighted by atomic mass is 32.1. The fraction of sp³-hybridized carbons (Fsp3) is 0.0625. The smallest absolute Gasteiger partial charge is 0.123 e. The first kappa shape index (κ1) is 12.8. The van der Waals surface area contributed by atoms with Crippen molar-refractivity contribution in [2.75, 3.05) is 5.32 Å². The van der Waals surface area contributed by atoms with Crippen LogP contribution >= 0.6 is 11.3 Å². The maximum absolute atomic E-state index is 13.1. The highest BCUT2D eigenvalue weighted by Crippen LogP contribution is 2.23. The molecule has 100 valence electrons. The molecule has 0 saturated carbocycles. The number of benzene rings is 2. The predicted octanol–water partition coefficient (Wildman–Crippen LogP) is 4.56. The van der Waals surface area contributed by atoms with Gasteiger partial charge in [0.15, 0.2) is 0 Å². The predicted molar refractivity (Wildman–Crippen MR) is 81.3 cm³/mol. The Morgan fingerprint density at radius 1 is 1.10 bits per heavy atom. The molecule has 0 aliphatic carbocycles. The third-order valence-corrected chi connectivity index (χ3v) is 3.77. The molecule has 0 amide bonds. The number of aromatic nitrogens is 1. The Morgan fingerprint density at radius 2 is 1.95 bits per heavy atom. The van der Waals surface area contributed by atoms with Gasteiger partial charge in [-0.2, -0.15) is 0 Å². The van der Waals surface area contributed by atoms with Gasteiger partial charge in [-0.15, -0.1) is 11.3 Å². The van der Waals surface area contributed by atoms with E-state index in [0.29, 0.717) is 6.54 Å². The van der Waals surface area contributed by atoms with Crippen molar-refractivity contribution in [2.24, 2.45) is 0 Å². The van der Waals surface area contributed by atoms with Crippen molar-refractivity contribution < 1.29 is 4.39 Å². The Kier molecular flexibility index (Phi) is 3.74. The average molecular weight is 284 g/mol. The van der Waals surface area contributed by atoms with Crippen molar-refractivity contribution in [3.63, 3.8) is 0 Å². The molecule has 3 aromatic rings. The molecule has 0 fully saturated rings. The third kappa shape index (κ3) is 3.03. The maximum atomic E-state index is 13.1. The second-order valence-electron chi connectivity index (χ2n) is 4.40. The van der Waals surface area contributed by atoms with Gasteiger partial charge < -0.3 is 5.32 Å². The molecular formula is C16H13FN2S. The molecule has 2 aromatic carbocycles. The Bertz CT molecular complexity index is 678. The summed E-state index contributed by atoms with van der Waals surface area (Å²) in [6.45, 7) is 0.606. The fourth-order valence-electron chi connectivity index (χ4n) is 1.95. The molecule has 20 heavy (non-hydrogen) atoms. The molecule has 1 heterocycles. The van der Waals surface area contributed by atoms with E-state index in [2.05, 4.69) is 10.3 Å². The van der Waals surface area contributed by atoms with Crippen LogP contribution in [0.25, 0.3) is 10.6 Å². The number of nitrogens with zero attached hydrogens (tertiary/aromatic N) is 1. The molecule has 0 spiro atoms. The van der Waals surface area contributed by atoms with Crippen molar-refractivity contribution in [1.29, 1.82) is 0 Å². The minimum Gasteiger partial charge on any atom is -0.381 e. The van der Waals surface area contributed by atoms with Gasteiger partial charge in [0, 0.05) is 29.4 Å². The van der Waals surface area contributed by atoms with E-state index in [9.17, 15) is 4.39 Å². The fourth-order valence-corrected chi connectivity index (χ4v) is 2.59. The van der Waals surface area contributed by atoms with Gasteiger partial charge in [-0.05, 0) is 42.0 Å². The second-order valence-corrected chi connectivity index (χ2v) is 5.29. The Hall–Kier alpha value is -2.20. The zero-order valence-electron chi connectivity index (χ0n) is 10.7. The molecule has 0 atom stereocenters. The molecule has 1 N–H and O–H groups in total. The van der Waals surface area contributed by atoms with Crippen molar-refractivity contribution in [3.05, 3.63) is 71.5 Å². The van der Waals surface area contributed by atoms with Crippen LogP contribution in [0.5, 0.6) is 0 Å². The first-order chi connectivity index (χ1) is 9.81. The number of hydrogen-bond acceptors (Lipinski definition) is 3. The van der Waals surface area contributed by atoms with E-state index in [1.165, 1.54) is 12.1 Å². The summed E-state index contributed by atoms with van der Waals surface area (Å²) in [5, 5.41) is 6.26. The molecule has 0 bridgehead atoms. The number of rotatable bonds is 4. The second kappa shape index (κ2) is 5.84. The number of hydrogen-bond donors (Lipinski definition) is 1. The highest BCUT2D eigenvalue weighted by Gasteiger charge is 2.00. The number of thiazole rings is 1. The molecule has 0 saturated heterocycles. The Labute approximate surface area is 120 Å². The number of nitrogens with one attached hydrogen (secondary N) is 1. The Balaban J connectivity index is 1.67. The third-order valence-electron chi connectivity index (χ3n) is 2.95. The van der Waals surface area contributed by atoms with E-state index in [-0.39, 0.29) is 5.82 Å². The molecule has 1 aromatic heterocycles. The lowest BCUT2D eigenvalue weighted by Gasteiger charge is -2.07. The molecule has 0 radical (unpaired) electrons. The summed E-state index contributed by atoms with van der Waals surface area (Å²) < 4.78 is 13.1. The van der Waals surface area contributed by atoms with Gasteiger partial charge in [-0.1, -0.05) is 12.1 Å². The summed E-state index contributed by atoms with van der Waals surface area (Å²) in [4.78, 5) is 4.28. The lowest BCUT2D eigenvalue weighted by Crippen LogP contribution is -1.99.